The predicted molar refractivity (Wildman–Crippen MR) is 71.1 cm³/mol. The molecule has 3 nitrogen and oxygen atoms in total. The second kappa shape index (κ2) is 7.90. The zero-order chi connectivity index (χ0) is 12.5. The minimum Gasteiger partial charge on any atom is -0.508 e. The Kier molecular flexibility index (Phi) is 6.40. The normalized spacial score (nSPS) is 10.6. The molecule has 0 aromatic heterocycles. The Morgan fingerprint density at radius 1 is 1.29 bits per heavy atom. The predicted octanol–water partition coefficient (Wildman–Crippen LogP) is 3.12. The molecule has 0 saturated carbocycles. The van der Waals surface area contributed by atoms with Crippen molar-refractivity contribution < 1.29 is 14.6 Å². The van der Waals surface area contributed by atoms with Gasteiger partial charge in [0, 0.05) is 11.4 Å². The lowest BCUT2D eigenvalue weighted by Gasteiger charge is -2.00. The van der Waals surface area contributed by atoms with Gasteiger partial charge in [-0.3, -0.25) is 0 Å². The number of benzene rings is 1. The van der Waals surface area contributed by atoms with Crippen LogP contribution in [0.5, 0.6) is 5.75 Å². The SMILES string of the molecule is O=C(/C=C/c1ccc(O)cc1)OCCCCBr. The molecule has 1 aromatic carbocycles. The number of carbonyl (C=O) groups is 1. The summed E-state index contributed by atoms with van der Waals surface area (Å²) in [4.78, 5) is 11.3. The Bertz CT molecular complexity index is 371. The number of aromatic hydroxyl groups is 1. The van der Waals surface area contributed by atoms with Gasteiger partial charge in [-0.1, -0.05) is 28.1 Å². The average molecular weight is 299 g/mol. The van der Waals surface area contributed by atoms with Gasteiger partial charge < -0.3 is 9.84 Å². The number of alkyl halides is 1. The van der Waals surface area contributed by atoms with Crippen molar-refractivity contribution >= 4 is 28.0 Å². The zero-order valence-corrected chi connectivity index (χ0v) is 11.0. The van der Waals surface area contributed by atoms with E-state index in [4.69, 9.17) is 9.84 Å². The monoisotopic (exact) mass is 298 g/mol. The Balaban J connectivity index is 2.32. The van der Waals surface area contributed by atoms with Gasteiger partial charge in [0.05, 0.1) is 6.61 Å². The van der Waals surface area contributed by atoms with Gasteiger partial charge in [0.25, 0.3) is 0 Å². The summed E-state index contributed by atoms with van der Waals surface area (Å²) in [6.07, 6.45) is 4.91. The molecule has 0 heterocycles. The van der Waals surface area contributed by atoms with Crippen molar-refractivity contribution in [2.75, 3.05) is 11.9 Å². The molecule has 0 aliphatic carbocycles. The van der Waals surface area contributed by atoms with Crippen LogP contribution in [0.3, 0.4) is 0 Å². The van der Waals surface area contributed by atoms with E-state index < -0.39 is 0 Å². The molecule has 1 aromatic rings. The number of ether oxygens (including phenoxy) is 1. The van der Waals surface area contributed by atoms with Crippen LogP contribution in [0, 0.1) is 0 Å². The highest BCUT2D eigenvalue weighted by Gasteiger charge is 1.96. The smallest absolute Gasteiger partial charge is 0.330 e. The number of esters is 1. The van der Waals surface area contributed by atoms with E-state index in [1.54, 1.807) is 30.3 Å². The van der Waals surface area contributed by atoms with E-state index in [1.807, 2.05) is 0 Å². The van der Waals surface area contributed by atoms with Gasteiger partial charge in [-0.15, -0.1) is 0 Å². The molecule has 0 atom stereocenters. The number of phenols is 1. The summed E-state index contributed by atoms with van der Waals surface area (Å²) < 4.78 is 4.99. The van der Waals surface area contributed by atoms with Gasteiger partial charge in [0.1, 0.15) is 5.75 Å². The van der Waals surface area contributed by atoms with Crippen LogP contribution in [0.25, 0.3) is 6.08 Å². The van der Waals surface area contributed by atoms with E-state index in [2.05, 4.69) is 15.9 Å². The molecule has 0 amide bonds. The maximum Gasteiger partial charge on any atom is 0.330 e. The van der Waals surface area contributed by atoms with Gasteiger partial charge in [-0.25, -0.2) is 4.79 Å². The molecule has 0 aliphatic heterocycles. The summed E-state index contributed by atoms with van der Waals surface area (Å²) in [5.74, 6) is -0.132. The molecule has 0 radical (unpaired) electrons. The Morgan fingerprint density at radius 3 is 2.65 bits per heavy atom. The number of rotatable bonds is 6. The highest BCUT2D eigenvalue weighted by molar-refractivity contribution is 9.09. The third kappa shape index (κ3) is 6.12. The molecule has 92 valence electrons. The maximum atomic E-state index is 11.3. The quantitative estimate of drug-likeness (QED) is 0.380. The van der Waals surface area contributed by atoms with E-state index in [1.165, 1.54) is 6.08 Å². The second-order valence-corrected chi connectivity index (χ2v) is 4.28. The molecular formula is C13H15BrO3. The summed E-state index contributed by atoms with van der Waals surface area (Å²) in [5, 5.41) is 10.0. The van der Waals surface area contributed by atoms with Gasteiger partial charge in [0.15, 0.2) is 0 Å². The van der Waals surface area contributed by atoms with Gasteiger partial charge in [-0.2, -0.15) is 0 Å². The Labute approximate surface area is 109 Å². The standard InChI is InChI=1S/C13H15BrO3/c14-9-1-2-10-17-13(16)8-5-11-3-6-12(15)7-4-11/h3-8,15H,1-2,9-10H2/b8-5+. The van der Waals surface area contributed by atoms with Crippen LogP contribution in [0.4, 0.5) is 0 Å². The van der Waals surface area contributed by atoms with E-state index >= 15 is 0 Å². The molecule has 0 fully saturated rings. The fourth-order valence-electron chi connectivity index (χ4n) is 1.17. The van der Waals surface area contributed by atoms with Crippen LogP contribution in [-0.4, -0.2) is 23.0 Å². The molecule has 0 unspecified atom stereocenters. The summed E-state index contributed by atoms with van der Waals surface area (Å²) in [5.41, 5.74) is 0.847. The van der Waals surface area contributed by atoms with E-state index in [-0.39, 0.29) is 11.7 Å². The Morgan fingerprint density at radius 2 is 2.00 bits per heavy atom. The van der Waals surface area contributed by atoms with Crippen LogP contribution >= 0.6 is 15.9 Å². The van der Waals surface area contributed by atoms with Crippen molar-refractivity contribution in [2.45, 2.75) is 12.8 Å². The van der Waals surface area contributed by atoms with Gasteiger partial charge in [-0.05, 0) is 36.6 Å². The molecule has 0 bridgehead atoms. The lowest BCUT2D eigenvalue weighted by molar-refractivity contribution is -0.137. The lowest BCUT2D eigenvalue weighted by Crippen LogP contribution is -2.02. The van der Waals surface area contributed by atoms with Crippen LogP contribution in [0.2, 0.25) is 0 Å². The molecule has 1 N–H and O–H groups in total. The van der Waals surface area contributed by atoms with Crippen LogP contribution in [-0.2, 0) is 9.53 Å². The number of hydrogen-bond donors (Lipinski definition) is 1. The van der Waals surface area contributed by atoms with E-state index in [0.717, 1.165) is 23.7 Å². The van der Waals surface area contributed by atoms with Crippen LogP contribution in [0.15, 0.2) is 30.3 Å². The van der Waals surface area contributed by atoms with Crippen molar-refractivity contribution in [1.82, 2.24) is 0 Å². The second-order valence-electron chi connectivity index (χ2n) is 3.49. The molecule has 0 aliphatic rings. The molecule has 0 spiro atoms. The Hall–Kier alpha value is -1.29. The van der Waals surface area contributed by atoms with Crippen LogP contribution < -0.4 is 0 Å². The first-order chi connectivity index (χ1) is 8.22. The minimum absolute atomic E-state index is 0.208. The fourth-order valence-corrected chi connectivity index (χ4v) is 1.56. The zero-order valence-electron chi connectivity index (χ0n) is 9.43. The lowest BCUT2D eigenvalue weighted by atomic mass is 10.2. The van der Waals surface area contributed by atoms with Crippen molar-refractivity contribution in [2.24, 2.45) is 0 Å². The first kappa shape index (κ1) is 13.8. The number of unbranched alkanes of at least 4 members (excludes halogenated alkanes) is 1. The number of phenolic OH excluding ortho intramolecular Hbond substituents is 1. The highest BCUT2D eigenvalue weighted by atomic mass is 79.9. The number of carbonyl (C=O) groups excluding carboxylic acids is 1. The van der Waals surface area contributed by atoms with E-state index in [0.29, 0.717) is 6.61 Å². The minimum atomic E-state index is -0.340. The molecule has 17 heavy (non-hydrogen) atoms. The fraction of sp³-hybridized carbons (Fsp3) is 0.308. The van der Waals surface area contributed by atoms with E-state index in [9.17, 15) is 4.79 Å². The number of halogens is 1. The first-order valence-corrected chi connectivity index (χ1v) is 6.54. The summed E-state index contributed by atoms with van der Waals surface area (Å²) in [6.45, 7) is 0.449. The van der Waals surface area contributed by atoms with Gasteiger partial charge >= 0.3 is 5.97 Å². The molecule has 0 saturated heterocycles. The molecular weight excluding hydrogens is 284 g/mol. The third-order valence-corrected chi connectivity index (χ3v) is 2.64. The van der Waals surface area contributed by atoms with Gasteiger partial charge in [0.2, 0.25) is 0 Å². The summed E-state index contributed by atoms with van der Waals surface area (Å²) in [7, 11) is 0. The van der Waals surface area contributed by atoms with Crippen molar-refractivity contribution in [3.63, 3.8) is 0 Å². The first-order valence-electron chi connectivity index (χ1n) is 5.42. The number of hydrogen-bond acceptors (Lipinski definition) is 3. The summed E-state index contributed by atoms with van der Waals surface area (Å²) in [6, 6.07) is 6.59. The highest BCUT2D eigenvalue weighted by Crippen LogP contribution is 2.10. The summed E-state index contributed by atoms with van der Waals surface area (Å²) >= 11 is 3.31. The van der Waals surface area contributed by atoms with Crippen molar-refractivity contribution in [3.8, 4) is 5.75 Å². The van der Waals surface area contributed by atoms with Crippen molar-refractivity contribution in [1.29, 1.82) is 0 Å². The maximum absolute atomic E-state index is 11.3. The average Bonchev–Trinajstić information content (AvgIpc) is 2.34. The molecule has 4 heteroatoms. The molecule has 1 rings (SSSR count). The van der Waals surface area contributed by atoms with Crippen molar-refractivity contribution in [3.05, 3.63) is 35.9 Å². The third-order valence-electron chi connectivity index (χ3n) is 2.08. The largest absolute Gasteiger partial charge is 0.508 e. The topological polar surface area (TPSA) is 46.5 Å². The van der Waals surface area contributed by atoms with Crippen LogP contribution in [0.1, 0.15) is 18.4 Å².